The Labute approximate surface area is 161 Å². The molecule has 0 unspecified atom stereocenters. The van der Waals surface area contributed by atoms with E-state index in [0.29, 0.717) is 17.2 Å². The van der Waals surface area contributed by atoms with Gasteiger partial charge in [-0.3, -0.25) is 9.89 Å². The van der Waals surface area contributed by atoms with Crippen LogP contribution in [0.3, 0.4) is 0 Å². The third-order valence-electron chi connectivity index (χ3n) is 5.18. The van der Waals surface area contributed by atoms with Crippen LogP contribution in [0.5, 0.6) is 0 Å². The first kappa shape index (κ1) is 16.5. The standard InChI is InChI=1S/C22H18N4O2/c1-13(20-6-3-11-28-20)23-26-22(27)19-12-18(24-25-19)16-10-9-15-8-7-14-4-2-5-17(16)21(14)15/h2-6,9-12H,7-8H2,1H3,(H,24,25)(H,26,27). The number of aromatic amines is 1. The quantitative estimate of drug-likeness (QED) is 0.419. The van der Waals surface area contributed by atoms with Crippen LogP contribution in [0.4, 0.5) is 0 Å². The highest BCUT2D eigenvalue weighted by Gasteiger charge is 2.18. The molecule has 0 radical (unpaired) electrons. The van der Waals surface area contributed by atoms with E-state index in [2.05, 4.69) is 51.1 Å². The van der Waals surface area contributed by atoms with E-state index in [4.69, 9.17) is 4.42 Å². The number of hydrogen-bond donors (Lipinski definition) is 2. The Morgan fingerprint density at radius 2 is 2.00 bits per heavy atom. The topological polar surface area (TPSA) is 83.3 Å². The van der Waals surface area contributed by atoms with E-state index in [1.54, 1.807) is 31.4 Å². The molecule has 5 rings (SSSR count). The van der Waals surface area contributed by atoms with Crippen molar-refractivity contribution in [1.82, 2.24) is 15.6 Å². The predicted octanol–water partition coefficient (Wildman–Crippen LogP) is 4.08. The molecular formula is C22H18N4O2. The predicted molar refractivity (Wildman–Crippen MR) is 107 cm³/mol. The molecule has 2 aromatic heterocycles. The lowest BCUT2D eigenvalue weighted by Crippen LogP contribution is -2.19. The van der Waals surface area contributed by atoms with E-state index in [-0.39, 0.29) is 5.91 Å². The number of benzene rings is 2. The molecule has 4 aromatic rings. The van der Waals surface area contributed by atoms with Gasteiger partial charge in [-0.2, -0.15) is 10.2 Å². The highest BCUT2D eigenvalue weighted by molar-refractivity contribution is 6.02. The normalized spacial score (nSPS) is 13.2. The number of carbonyl (C=O) groups excluding carboxylic acids is 1. The fourth-order valence-electron chi connectivity index (χ4n) is 3.78. The molecule has 0 saturated carbocycles. The monoisotopic (exact) mass is 370 g/mol. The van der Waals surface area contributed by atoms with Crippen LogP contribution in [0.25, 0.3) is 22.0 Å². The van der Waals surface area contributed by atoms with Gasteiger partial charge in [-0.25, -0.2) is 5.43 Å². The zero-order valence-corrected chi connectivity index (χ0v) is 15.3. The van der Waals surface area contributed by atoms with E-state index < -0.39 is 0 Å². The number of aryl methyl sites for hydroxylation is 2. The summed E-state index contributed by atoms with van der Waals surface area (Å²) in [6, 6.07) is 16.0. The van der Waals surface area contributed by atoms with Crippen LogP contribution < -0.4 is 5.43 Å². The van der Waals surface area contributed by atoms with Gasteiger partial charge in [0.15, 0.2) is 0 Å². The number of nitrogens with zero attached hydrogens (tertiary/aromatic N) is 2. The average molecular weight is 370 g/mol. The van der Waals surface area contributed by atoms with Crippen LogP contribution in [-0.4, -0.2) is 21.8 Å². The Morgan fingerprint density at radius 3 is 2.82 bits per heavy atom. The van der Waals surface area contributed by atoms with Crippen molar-refractivity contribution in [2.45, 2.75) is 19.8 Å². The maximum Gasteiger partial charge on any atom is 0.289 e. The molecule has 0 spiro atoms. The molecule has 0 saturated heterocycles. The van der Waals surface area contributed by atoms with Crippen LogP contribution >= 0.6 is 0 Å². The van der Waals surface area contributed by atoms with Crippen molar-refractivity contribution >= 4 is 22.4 Å². The van der Waals surface area contributed by atoms with Crippen molar-refractivity contribution in [3.8, 4) is 11.3 Å². The molecule has 6 nitrogen and oxygen atoms in total. The Balaban J connectivity index is 1.44. The van der Waals surface area contributed by atoms with Crippen molar-refractivity contribution in [2.75, 3.05) is 0 Å². The van der Waals surface area contributed by atoms with Gasteiger partial charge in [0.25, 0.3) is 5.91 Å². The minimum absolute atomic E-state index is 0.351. The molecule has 6 heteroatoms. The number of hydrogen-bond acceptors (Lipinski definition) is 4. The first-order valence-corrected chi connectivity index (χ1v) is 9.18. The van der Waals surface area contributed by atoms with Crippen molar-refractivity contribution in [2.24, 2.45) is 5.10 Å². The molecule has 28 heavy (non-hydrogen) atoms. The Bertz CT molecular complexity index is 1210. The molecule has 1 aliphatic rings. The molecule has 138 valence electrons. The minimum Gasteiger partial charge on any atom is -0.463 e. The van der Waals surface area contributed by atoms with Crippen LogP contribution in [0.1, 0.15) is 34.3 Å². The molecule has 0 bridgehead atoms. The smallest absolute Gasteiger partial charge is 0.289 e. The third-order valence-corrected chi connectivity index (χ3v) is 5.18. The highest BCUT2D eigenvalue weighted by atomic mass is 16.3. The Kier molecular flexibility index (Phi) is 3.83. The van der Waals surface area contributed by atoms with Crippen molar-refractivity contribution in [3.63, 3.8) is 0 Å². The summed E-state index contributed by atoms with van der Waals surface area (Å²) in [6.45, 7) is 1.77. The number of furan rings is 1. The maximum atomic E-state index is 12.4. The second kappa shape index (κ2) is 6.49. The number of nitrogens with one attached hydrogen (secondary N) is 2. The van der Waals surface area contributed by atoms with E-state index >= 15 is 0 Å². The number of amides is 1. The van der Waals surface area contributed by atoms with Gasteiger partial charge in [0.05, 0.1) is 12.0 Å². The fraction of sp³-hybridized carbons (Fsp3) is 0.136. The van der Waals surface area contributed by atoms with Crippen LogP contribution in [0, 0.1) is 0 Å². The van der Waals surface area contributed by atoms with Crippen LogP contribution in [0.15, 0.2) is 64.3 Å². The van der Waals surface area contributed by atoms with Crippen LogP contribution in [-0.2, 0) is 12.8 Å². The second-order valence-corrected chi connectivity index (χ2v) is 6.89. The minimum atomic E-state index is -0.351. The van der Waals surface area contributed by atoms with Gasteiger partial charge in [0.2, 0.25) is 0 Å². The highest BCUT2D eigenvalue weighted by Crippen LogP contribution is 2.36. The zero-order chi connectivity index (χ0) is 19.1. The van der Waals surface area contributed by atoms with Gasteiger partial charge < -0.3 is 4.42 Å². The van der Waals surface area contributed by atoms with Crippen LogP contribution in [0.2, 0.25) is 0 Å². The summed E-state index contributed by atoms with van der Waals surface area (Å²) >= 11 is 0. The van der Waals surface area contributed by atoms with Gasteiger partial charge in [0, 0.05) is 5.56 Å². The number of aromatic nitrogens is 2. The van der Waals surface area contributed by atoms with E-state index in [9.17, 15) is 4.79 Å². The van der Waals surface area contributed by atoms with Gasteiger partial charge >= 0.3 is 0 Å². The molecule has 2 N–H and O–H groups in total. The van der Waals surface area contributed by atoms with Gasteiger partial charge in [-0.1, -0.05) is 30.3 Å². The summed E-state index contributed by atoms with van der Waals surface area (Å²) in [5.41, 5.74) is 8.00. The molecule has 0 aliphatic heterocycles. The van der Waals surface area contributed by atoms with E-state index in [1.807, 2.05) is 0 Å². The lowest BCUT2D eigenvalue weighted by atomic mass is 9.98. The third kappa shape index (κ3) is 2.70. The summed E-state index contributed by atoms with van der Waals surface area (Å²) in [7, 11) is 0. The molecule has 0 atom stereocenters. The summed E-state index contributed by atoms with van der Waals surface area (Å²) in [6.07, 6.45) is 3.73. The van der Waals surface area contributed by atoms with Gasteiger partial charge in [0.1, 0.15) is 17.2 Å². The van der Waals surface area contributed by atoms with Crippen molar-refractivity contribution < 1.29 is 9.21 Å². The van der Waals surface area contributed by atoms with E-state index in [1.165, 1.54) is 21.9 Å². The number of hydrazone groups is 1. The average Bonchev–Trinajstić information content (AvgIpc) is 3.47. The number of H-pyrrole nitrogens is 1. The SMILES string of the molecule is CC(=NNC(=O)c1cc(-c2ccc3c4c(cccc24)CC3)n[nH]1)c1ccco1. The summed E-state index contributed by atoms with van der Waals surface area (Å²) in [4.78, 5) is 12.4. The zero-order valence-electron chi connectivity index (χ0n) is 15.3. The molecule has 2 aromatic carbocycles. The fourth-order valence-corrected chi connectivity index (χ4v) is 3.78. The van der Waals surface area contributed by atoms with Gasteiger partial charge in [-0.15, -0.1) is 0 Å². The number of carbonyl (C=O) groups is 1. The number of rotatable bonds is 4. The second-order valence-electron chi connectivity index (χ2n) is 6.89. The Morgan fingerprint density at radius 1 is 1.14 bits per heavy atom. The summed E-state index contributed by atoms with van der Waals surface area (Å²) in [5.74, 6) is 0.258. The summed E-state index contributed by atoms with van der Waals surface area (Å²) in [5, 5.41) is 13.8. The molecule has 1 amide bonds. The summed E-state index contributed by atoms with van der Waals surface area (Å²) < 4.78 is 5.26. The first-order chi connectivity index (χ1) is 13.7. The molecule has 0 fully saturated rings. The first-order valence-electron chi connectivity index (χ1n) is 9.18. The largest absolute Gasteiger partial charge is 0.463 e. The van der Waals surface area contributed by atoms with Gasteiger partial charge in [-0.05, 0) is 59.9 Å². The van der Waals surface area contributed by atoms with Crippen molar-refractivity contribution in [1.29, 1.82) is 0 Å². The lowest BCUT2D eigenvalue weighted by Gasteiger charge is -2.06. The Hall–Kier alpha value is -3.67. The molecule has 2 heterocycles. The lowest BCUT2D eigenvalue weighted by molar-refractivity contribution is 0.0950. The van der Waals surface area contributed by atoms with E-state index in [0.717, 1.165) is 24.1 Å². The molecular weight excluding hydrogens is 352 g/mol. The van der Waals surface area contributed by atoms with Crippen molar-refractivity contribution in [3.05, 3.63) is 77.4 Å². The maximum absolute atomic E-state index is 12.4. The molecule has 1 aliphatic carbocycles.